The van der Waals surface area contributed by atoms with Gasteiger partial charge in [-0.05, 0) is 0 Å². The van der Waals surface area contributed by atoms with Gasteiger partial charge < -0.3 is 0 Å². The Balaban J connectivity index is 1.33. The van der Waals surface area contributed by atoms with Crippen LogP contribution in [0.5, 0.6) is 0 Å². The molecule has 0 fully saturated rings. The van der Waals surface area contributed by atoms with Crippen LogP contribution < -0.4 is 0 Å². The van der Waals surface area contributed by atoms with Crippen LogP contribution in [0, 0.1) is 0 Å². The maximum atomic E-state index is 4.44. The minimum atomic E-state index is 0.301. The van der Waals surface area contributed by atoms with Gasteiger partial charge in [0.25, 0.3) is 0 Å². The first-order valence-electron chi connectivity index (χ1n) is 9.95. The zero-order valence-electron chi connectivity index (χ0n) is 15.1. The predicted molar refractivity (Wildman–Crippen MR) is 104 cm³/mol. The topological polar surface area (TPSA) is 51.6 Å². The Labute approximate surface area is 167 Å². The van der Waals surface area contributed by atoms with Crippen molar-refractivity contribution in [3.05, 3.63) is 42.6 Å². The summed E-state index contributed by atoms with van der Waals surface area (Å²) in [7, 11) is 0. The fourth-order valence-corrected chi connectivity index (χ4v) is 7.83. The van der Waals surface area contributed by atoms with E-state index >= 15 is 0 Å². The third kappa shape index (κ3) is 3.26. The van der Waals surface area contributed by atoms with E-state index in [2.05, 4.69) is 18.4 Å². The molecule has 0 unspecified atom stereocenters. The SMILES string of the molecule is C1CC2=C(CCCc3[se]nnc3C1)C1=C2CCCc2[se]nnc2CCC1. The van der Waals surface area contributed by atoms with Crippen molar-refractivity contribution in [2.24, 2.45) is 0 Å². The molecule has 6 heteroatoms. The Morgan fingerprint density at radius 2 is 0.846 bits per heavy atom. The third-order valence-electron chi connectivity index (χ3n) is 6.07. The molecule has 0 bridgehead atoms. The maximum absolute atomic E-state index is 4.44. The van der Waals surface area contributed by atoms with Gasteiger partial charge >= 0.3 is 167 Å². The van der Waals surface area contributed by atoms with Crippen LogP contribution in [0.3, 0.4) is 0 Å². The van der Waals surface area contributed by atoms with E-state index in [4.69, 9.17) is 0 Å². The van der Waals surface area contributed by atoms with Gasteiger partial charge in [0.1, 0.15) is 0 Å². The number of hydrogen-bond acceptors (Lipinski definition) is 4. The summed E-state index contributed by atoms with van der Waals surface area (Å²) in [6.07, 6.45) is 14.9. The first kappa shape index (κ1) is 17.3. The van der Waals surface area contributed by atoms with Crippen LogP contribution in [0.1, 0.15) is 71.6 Å². The zero-order valence-corrected chi connectivity index (χ0v) is 18.5. The molecule has 0 atom stereocenters. The Bertz CT molecular complexity index is 726. The van der Waals surface area contributed by atoms with E-state index in [-0.39, 0.29) is 0 Å². The van der Waals surface area contributed by atoms with E-state index in [0.29, 0.717) is 29.5 Å². The predicted octanol–water partition coefficient (Wildman–Crippen LogP) is 3.01. The summed E-state index contributed by atoms with van der Waals surface area (Å²) in [6, 6.07) is 0. The molecule has 3 aliphatic rings. The number of allylic oxidation sites excluding steroid dienone is 4. The minimum absolute atomic E-state index is 0.301. The van der Waals surface area contributed by atoms with E-state index in [0.717, 1.165) is 12.8 Å². The molecule has 2 aromatic heterocycles. The summed E-state index contributed by atoms with van der Waals surface area (Å²) >= 11 is 0.601. The second kappa shape index (κ2) is 7.67. The molecule has 0 N–H and O–H groups in total. The van der Waals surface area contributed by atoms with Gasteiger partial charge in [0.15, 0.2) is 0 Å². The third-order valence-corrected chi connectivity index (χ3v) is 9.52. The zero-order chi connectivity index (χ0) is 17.3. The summed E-state index contributed by atoms with van der Waals surface area (Å²) in [4.78, 5) is 0. The van der Waals surface area contributed by atoms with E-state index < -0.39 is 0 Å². The van der Waals surface area contributed by atoms with Gasteiger partial charge in [-0.25, -0.2) is 0 Å². The van der Waals surface area contributed by atoms with E-state index in [1.54, 1.807) is 31.2 Å². The molecule has 26 heavy (non-hydrogen) atoms. The average Bonchev–Trinajstić information content (AvgIpc) is 3.28. The van der Waals surface area contributed by atoms with Crippen LogP contribution in [0.25, 0.3) is 0 Å². The summed E-state index contributed by atoms with van der Waals surface area (Å²) in [5, 5.41) is 8.88. The summed E-state index contributed by atoms with van der Waals surface area (Å²) < 4.78 is 11.8. The molecule has 5 rings (SSSR count). The standard InChI is InChI=1S/C20H24N4Se2/c1-5-13-15(7-3-11-19-17(9-1)21-23-25-19)14-6-2-10-18-20(26-24-22-18)12-4-8-16(13)14/h1-12H2. The van der Waals surface area contributed by atoms with Gasteiger partial charge in [-0.1, -0.05) is 0 Å². The van der Waals surface area contributed by atoms with Crippen molar-refractivity contribution in [2.75, 3.05) is 0 Å². The number of rotatable bonds is 0. The van der Waals surface area contributed by atoms with Crippen LogP contribution in [0.15, 0.2) is 22.3 Å². The molecule has 0 saturated carbocycles. The first-order valence-corrected chi connectivity index (χ1v) is 13.2. The normalized spacial score (nSPS) is 21.2. The number of nitrogens with zero attached hydrogens (tertiary/aromatic N) is 4. The summed E-state index contributed by atoms with van der Waals surface area (Å²) in [5.74, 6) is 0. The number of fused-ring (bicyclic) bond motifs is 4. The van der Waals surface area contributed by atoms with Crippen molar-refractivity contribution in [1.82, 2.24) is 18.4 Å². The van der Waals surface area contributed by atoms with Gasteiger partial charge in [0, 0.05) is 0 Å². The molecule has 4 nitrogen and oxygen atoms in total. The number of aromatic nitrogens is 4. The Morgan fingerprint density at radius 1 is 0.462 bits per heavy atom. The Hall–Kier alpha value is -0.801. The van der Waals surface area contributed by atoms with Crippen LogP contribution in [-0.2, 0) is 25.7 Å². The molecule has 0 aromatic carbocycles. The van der Waals surface area contributed by atoms with Crippen molar-refractivity contribution in [3.63, 3.8) is 0 Å². The molecule has 0 amide bonds. The quantitative estimate of drug-likeness (QED) is 0.547. The number of hydrogen-bond donors (Lipinski definition) is 0. The van der Waals surface area contributed by atoms with E-state index in [1.165, 1.54) is 75.6 Å². The van der Waals surface area contributed by atoms with Gasteiger partial charge in [0.05, 0.1) is 0 Å². The molecule has 0 saturated heterocycles. The molecule has 2 heterocycles. The van der Waals surface area contributed by atoms with Gasteiger partial charge in [-0.15, -0.1) is 0 Å². The summed E-state index contributed by atoms with van der Waals surface area (Å²) in [5.41, 5.74) is 9.65. The van der Waals surface area contributed by atoms with Crippen molar-refractivity contribution >= 4 is 29.5 Å². The van der Waals surface area contributed by atoms with Crippen LogP contribution in [0.4, 0.5) is 0 Å². The fourth-order valence-electron chi connectivity index (χ4n) is 4.80. The molecule has 0 spiro atoms. The van der Waals surface area contributed by atoms with E-state index in [1.807, 2.05) is 0 Å². The molecule has 3 aliphatic carbocycles. The van der Waals surface area contributed by atoms with Gasteiger partial charge in [0.2, 0.25) is 0 Å². The van der Waals surface area contributed by atoms with Crippen molar-refractivity contribution in [1.29, 1.82) is 0 Å². The van der Waals surface area contributed by atoms with Crippen molar-refractivity contribution < 1.29 is 0 Å². The van der Waals surface area contributed by atoms with Gasteiger partial charge in [-0.3, -0.25) is 0 Å². The van der Waals surface area contributed by atoms with E-state index in [9.17, 15) is 0 Å². The second-order valence-corrected chi connectivity index (χ2v) is 11.1. The Kier molecular flexibility index (Phi) is 5.11. The first-order chi connectivity index (χ1) is 12.9. The Morgan fingerprint density at radius 3 is 1.27 bits per heavy atom. The number of aryl methyl sites for hydroxylation is 4. The van der Waals surface area contributed by atoms with Crippen LogP contribution in [0.2, 0.25) is 0 Å². The molecule has 2 aromatic rings. The van der Waals surface area contributed by atoms with Crippen molar-refractivity contribution in [2.45, 2.75) is 77.0 Å². The average molecular weight is 478 g/mol. The molecular formula is C20H24N4Se2. The second-order valence-electron chi connectivity index (χ2n) is 7.61. The molecule has 0 aliphatic heterocycles. The molecular weight excluding hydrogens is 454 g/mol. The van der Waals surface area contributed by atoms with Crippen molar-refractivity contribution in [3.8, 4) is 0 Å². The monoisotopic (exact) mass is 480 g/mol. The van der Waals surface area contributed by atoms with Crippen LogP contribution in [-0.4, -0.2) is 47.9 Å². The summed E-state index contributed by atoms with van der Waals surface area (Å²) in [6.45, 7) is 0. The fraction of sp³-hybridized carbons (Fsp3) is 0.600. The molecule has 136 valence electrons. The molecule has 0 radical (unpaired) electrons. The van der Waals surface area contributed by atoms with Gasteiger partial charge in [-0.2, -0.15) is 0 Å². The van der Waals surface area contributed by atoms with Crippen LogP contribution >= 0.6 is 0 Å².